The zero-order valence-corrected chi connectivity index (χ0v) is 20.0. The third kappa shape index (κ3) is 4.21. The third-order valence-corrected chi connectivity index (χ3v) is 9.01. The van der Waals surface area contributed by atoms with Crippen LogP contribution in [0.1, 0.15) is 30.4 Å². The smallest absolute Gasteiger partial charge is 0.322 e. The Morgan fingerprint density at radius 3 is 2.31 bits per heavy atom. The number of Topliss-reactive ketones (excluding diaryl/α,β-unsaturated/α-hetero) is 1. The van der Waals surface area contributed by atoms with E-state index in [1.165, 1.54) is 28.7 Å². The number of fused-ring (bicyclic) bond motifs is 3. The fourth-order valence-electron chi connectivity index (χ4n) is 3.47. The molecule has 6 nitrogen and oxygen atoms in total. The number of hydrogen-bond acceptors (Lipinski definition) is 6. The zero-order valence-electron chi connectivity index (χ0n) is 17.6. The number of rotatable bonds is 7. The van der Waals surface area contributed by atoms with E-state index in [-0.39, 0.29) is 10.7 Å². The minimum absolute atomic E-state index is 0.0352. The Labute approximate surface area is 193 Å². The van der Waals surface area contributed by atoms with Crippen molar-refractivity contribution in [2.75, 3.05) is 0 Å². The molecule has 1 atom stereocenters. The second-order valence-corrected chi connectivity index (χ2v) is 11.8. The quantitative estimate of drug-likeness (QED) is 0.341. The molecule has 0 aliphatic heterocycles. The highest BCUT2D eigenvalue weighted by Gasteiger charge is 2.28. The molecule has 0 spiro atoms. The number of thiophene rings is 2. The Balaban J connectivity index is 1.74. The van der Waals surface area contributed by atoms with Crippen molar-refractivity contribution in [2.24, 2.45) is 5.92 Å². The minimum atomic E-state index is -3.99. The third-order valence-electron chi connectivity index (χ3n) is 5.21. The van der Waals surface area contributed by atoms with Gasteiger partial charge in [-0.05, 0) is 54.8 Å². The van der Waals surface area contributed by atoms with Crippen molar-refractivity contribution >= 4 is 64.6 Å². The molecule has 4 rings (SSSR count). The number of hydrogen-bond donors (Lipinski definition) is 2. The molecule has 2 aromatic carbocycles. The SMILES string of the molecule is CC(=O)c1ccc(-c2ccc3sc4cc(S(=O)(=O)N[C@H](C(=O)O)C(C)C)ccc4c3c2)s1. The van der Waals surface area contributed by atoms with Crippen molar-refractivity contribution in [3.8, 4) is 10.4 Å². The molecule has 0 aliphatic rings. The number of sulfonamides is 1. The van der Waals surface area contributed by atoms with Crippen LogP contribution in [0.3, 0.4) is 0 Å². The van der Waals surface area contributed by atoms with E-state index in [0.29, 0.717) is 4.88 Å². The molecule has 0 saturated carbocycles. The number of ketones is 1. The summed E-state index contributed by atoms with van der Waals surface area (Å²) in [6.45, 7) is 4.85. The number of nitrogens with one attached hydrogen (secondary N) is 1. The van der Waals surface area contributed by atoms with Crippen molar-refractivity contribution in [1.29, 1.82) is 0 Å². The summed E-state index contributed by atoms with van der Waals surface area (Å²) in [4.78, 5) is 24.8. The molecule has 0 bridgehead atoms. The van der Waals surface area contributed by atoms with Crippen LogP contribution in [0.2, 0.25) is 0 Å². The normalized spacial score (nSPS) is 13.1. The fraction of sp³-hybridized carbons (Fsp3) is 0.217. The van der Waals surface area contributed by atoms with Gasteiger partial charge in [0.05, 0.1) is 9.77 Å². The summed E-state index contributed by atoms with van der Waals surface area (Å²) in [5.41, 5.74) is 0.995. The van der Waals surface area contributed by atoms with Gasteiger partial charge in [-0.25, -0.2) is 8.42 Å². The standard InChI is InChI=1S/C23H21NO5S3/c1-12(2)22(23(26)27)24-32(28,29)15-5-6-16-17-10-14(4-7-20(17)31-21(16)11-15)19-9-8-18(30-19)13(3)25/h4-12,22,24H,1-3H3,(H,26,27)/t22-/m0/s1. The molecule has 0 amide bonds. The fourth-order valence-corrected chi connectivity index (χ4v) is 6.93. The molecule has 4 aromatic rings. The molecule has 32 heavy (non-hydrogen) atoms. The lowest BCUT2D eigenvalue weighted by atomic mass is 10.1. The average molecular weight is 488 g/mol. The van der Waals surface area contributed by atoms with Crippen LogP contribution in [0.25, 0.3) is 30.6 Å². The molecule has 0 fully saturated rings. The van der Waals surface area contributed by atoms with Gasteiger partial charge in [-0.2, -0.15) is 4.72 Å². The van der Waals surface area contributed by atoms with Gasteiger partial charge in [0.15, 0.2) is 5.78 Å². The monoisotopic (exact) mass is 487 g/mol. The van der Waals surface area contributed by atoms with E-state index in [0.717, 1.165) is 30.6 Å². The van der Waals surface area contributed by atoms with Crippen LogP contribution in [-0.2, 0) is 14.8 Å². The van der Waals surface area contributed by atoms with Crippen molar-refractivity contribution in [2.45, 2.75) is 31.7 Å². The number of benzene rings is 2. The summed E-state index contributed by atoms with van der Waals surface area (Å²) < 4.78 is 29.7. The molecule has 2 N–H and O–H groups in total. The Morgan fingerprint density at radius 1 is 0.938 bits per heavy atom. The summed E-state index contributed by atoms with van der Waals surface area (Å²) in [5, 5.41) is 11.3. The van der Waals surface area contributed by atoms with Crippen LogP contribution in [0.4, 0.5) is 0 Å². The molecule has 2 aromatic heterocycles. The van der Waals surface area contributed by atoms with Crippen molar-refractivity contribution in [3.63, 3.8) is 0 Å². The number of carbonyl (C=O) groups excluding carboxylic acids is 1. The molecule has 0 unspecified atom stereocenters. The van der Waals surface area contributed by atoms with Crippen LogP contribution in [0.5, 0.6) is 0 Å². The summed E-state index contributed by atoms with van der Waals surface area (Å²) >= 11 is 2.92. The maximum absolute atomic E-state index is 12.8. The summed E-state index contributed by atoms with van der Waals surface area (Å²) in [5.74, 6) is -1.57. The number of carbonyl (C=O) groups is 2. The van der Waals surface area contributed by atoms with E-state index in [1.54, 1.807) is 32.9 Å². The largest absolute Gasteiger partial charge is 0.480 e. The highest BCUT2D eigenvalue weighted by atomic mass is 32.2. The van der Waals surface area contributed by atoms with E-state index in [1.807, 2.05) is 24.3 Å². The van der Waals surface area contributed by atoms with Crippen LogP contribution in [0.15, 0.2) is 53.4 Å². The first kappa shape index (κ1) is 22.6. The summed E-state index contributed by atoms with van der Waals surface area (Å²) in [6, 6.07) is 13.4. The molecule has 0 saturated heterocycles. The zero-order chi connectivity index (χ0) is 23.2. The Hall–Kier alpha value is -2.59. The predicted octanol–water partition coefficient (Wildman–Crippen LogP) is 5.37. The highest BCUT2D eigenvalue weighted by molar-refractivity contribution is 7.89. The molecular weight excluding hydrogens is 466 g/mol. The maximum Gasteiger partial charge on any atom is 0.322 e. The lowest BCUT2D eigenvalue weighted by molar-refractivity contribution is -0.140. The van der Waals surface area contributed by atoms with Crippen LogP contribution in [0, 0.1) is 5.92 Å². The van der Waals surface area contributed by atoms with Crippen molar-refractivity contribution in [3.05, 3.63) is 53.4 Å². The van der Waals surface area contributed by atoms with Crippen molar-refractivity contribution < 1.29 is 23.1 Å². The maximum atomic E-state index is 12.8. The average Bonchev–Trinajstić information content (AvgIpc) is 3.35. The minimum Gasteiger partial charge on any atom is -0.480 e. The van der Waals surface area contributed by atoms with Gasteiger partial charge in [-0.1, -0.05) is 26.0 Å². The predicted molar refractivity (Wildman–Crippen MR) is 129 cm³/mol. The van der Waals surface area contributed by atoms with E-state index >= 15 is 0 Å². The van der Waals surface area contributed by atoms with Crippen molar-refractivity contribution in [1.82, 2.24) is 4.72 Å². The van der Waals surface area contributed by atoms with Crippen LogP contribution < -0.4 is 4.72 Å². The second-order valence-electron chi connectivity index (χ2n) is 7.87. The molecule has 0 radical (unpaired) electrons. The molecule has 166 valence electrons. The molecular formula is C23H21NO5S3. The number of aliphatic carboxylic acids is 1. The van der Waals surface area contributed by atoms with Gasteiger partial charge in [0.2, 0.25) is 10.0 Å². The number of carboxylic acids is 1. The highest BCUT2D eigenvalue weighted by Crippen LogP contribution is 2.38. The number of carboxylic acid groups (broad SMARTS) is 1. The lowest BCUT2D eigenvalue weighted by Crippen LogP contribution is -2.44. The summed E-state index contributed by atoms with van der Waals surface area (Å²) in [7, 11) is -3.99. The first-order chi connectivity index (χ1) is 15.1. The van der Waals surface area contributed by atoms with Gasteiger partial charge >= 0.3 is 5.97 Å². The molecule has 0 aliphatic carbocycles. The first-order valence-corrected chi connectivity index (χ1v) is 13.0. The Bertz CT molecular complexity index is 1460. The van der Waals surface area contributed by atoms with Gasteiger partial charge in [0.1, 0.15) is 6.04 Å². The first-order valence-electron chi connectivity index (χ1n) is 9.89. The van der Waals surface area contributed by atoms with E-state index in [4.69, 9.17) is 0 Å². The van der Waals surface area contributed by atoms with Gasteiger partial charge < -0.3 is 5.11 Å². The Kier molecular flexibility index (Phi) is 5.93. The topological polar surface area (TPSA) is 101 Å². The van der Waals surface area contributed by atoms with Gasteiger partial charge in [0.25, 0.3) is 0 Å². The Morgan fingerprint density at radius 2 is 1.69 bits per heavy atom. The van der Waals surface area contributed by atoms with E-state index < -0.39 is 28.0 Å². The van der Waals surface area contributed by atoms with Crippen LogP contribution in [-0.4, -0.2) is 31.3 Å². The van der Waals surface area contributed by atoms with Gasteiger partial charge in [-0.3, -0.25) is 9.59 Å². The second kappa shape index (κ2) is 8.40. The molecule has 9 heteroatoms. The van der Waals surface area contributed by atoms with Crippen LogP contribution >= 0.6 is 22.7 Å². The van der Waals surface area contributed by atoms with E-state index in [2.05, 4.69) is 10.8 Å². The van der Waals surface area contributed by atoms with Gasteiger partial charge in [-0.15, -0.1) is 22.7 Å². The van der Waals surface area contributed by atoms with E-state index in [9.17, 15) is 23.1 Å². The van der Waals surface area contributed by atoms with Gasteiger partial charge in [0, 0.05) is 25.0 Å². The molecule has 2 heterocycles. The summed E-state index contributed by atoms with van der Waals surface area (Å²) in [6.07, 6.45) is 0. The lowest BCUT2D eigenvalue weighted by Gasteiger charge is -2.18.